The number of methoxy groups -OCH3 is 1. The number of aliphatic hydroxyl groups is 1. The molecule has 3 aromatic heterocycles. The normalized spacial score (nSPS) is 21.5. The van der Waals surface area contributed by atoms with E-state index < -0.39 is 11.9 Å². The number of ether oxygens (including phenoxy) is 2. The summed E-state index contributed by atoms with van der Waals surface area (Å²) in [5, 5.41) is 17.5. The molecule has 0 radical (unpaired) electrons. The van der Waals surface area contributed by atoms with Crippen LogP contribution in [0.5, 0.6) is 0 Å². The monoisotopic (exact) mass is 909 g/mol. The Labute approximate surface area is 409 Å². The minimum Gasteiger partial charge on any atom is -0.664 e. The van der Waals surface area contributed by atoms with E-state index in [1.165, 1.54) is 57.6 Å². The zero-order valence-corrected chi connectivity index (χ0v) is 43.1. The van der Waals surface area contributed by atoms with E-state index in [2.05, 4.69) is 48.1 Å². The number of ketones is 1. The summed E-state index contributed by atoms with van der Waals surface area (Å²) in [6.45, 7) is 25.4. The van der Waals surface area contributed by atoms with E-state index >= 15 is 0 Å². The number of allylic oxidation sites excluding steroid dienone is 3. The Morgan fingerprint density at radius 2 is 1.48 bits per heavy atom. The second-order valence-electron chi connectivity index (χ2n) is 19.6. The van der Waals surface area contributed by atoms with Crippen molar-refractivity contribution in [3.8, 4) is 0 Å². The summed E-state index contributed by atoms with van der Waals surface area (Å²) in [7, 11) is 1.28. The van der Waals surface area contributed by atoms with Crippen molar-refractivity contribution in [1.82, 2.24) is 15.0 Å². The summed E-state index contributed by atoms with van der Waals surface area (Å²) in [6, 6.07) is 0. The van der Waals surface area contributed by atoms with Gasteiger partial charge in [0.1, 0.15) is 18.3 Å². The molecule has 5 atom stereocenters. The fourth-order valence-electron chi connectivity index (χ4n) is 10.2. The third-order valence-electron chi connectivity index (χ3n) is 14.3. The standard InChI is InChI=1S/C55H73N4O6.Mg/c1-13-39-34(7)41-29-46-48(38(11)60)36(9)43(57-46)27-42-35(8)40(52(58-42)50-51(55(63)64-12)54(62)49-37(10)44(59-53(49)50)28-45(39)56-41)23-24-47(61)65-26-25-33(6)22-16-21-32(5)20-15-19-31(4)18-14-17-30(2)3;/h25,27-32,35,40,51H,11,13-24,26H2,1-10,12H3,(H2-,58,59,60,62);/q-3;+2/p-1/b33-25+,41-29-,42-27-,45-28-;/t31-,32-,35+,40+,51-;/m1./s1. The second-order valence-corrected chi connectivity index (χ2v) is 19.6. The van der Waals surface area contributed by atoms with E-state index in [1.807, 2.05) is 52.0 Å². The number of nitrogens with zero attached hydrogens (tertiary/aromatic N) is 4. The molecule has 1 aliphatic carbocycles. The van der Waals surface area contributed by atoms with Crippen LogP contribution in [-0.2, 0) is 25.5 Å². The van der Waals surface area contributed by atoms with Crippen LogP contribution in [0, 0.1) is 56.3 Å². The van der Waals surface area contributed by atoms with Crippen molar-refractivity contribution in [2.75, 3.05) is 13.7 Å². The maximum Gasteiger partial charge on any atom is 2.00 e. The van der Waals surface area contributed by atoms with Crippen LogP contribution in [0.25, 0.3) is 34.9 Å². The number of rotatable bonds is 20. The van der Waals surface area contributed by atoms with Crippen molar-refractivity contribution >= 4 is 70.3 Å². The van der Waals surface area contributed by atoms with Crippen molar-refractivity contribution in [2.45, 2.75) is 146 Å². The first-order chi connectivity index (χ1) is 30.9. The molecule has 0 amide bonds. The molecule has 352 valence electrons. The number of hydrogen-bond acceptors (Lipinski definition) is 6. The molecule has 66 heavy (non-hydrogen) atoms. The smallest absolute Gasteiger partial charge is 0.664 e. The minimum absolute atomic E-state index is 0. The Hall–Kier alpha value is -4.48. The van der Waals surface area contributed by atoms with Crippen LogP contribution in [0.3, 0.4) is 0 Å². The molecule has 1 saturated heterocycles. The molecule has 2 aliphatic heterocycles. The van der Waals surface area contributed by atoms with Gasteiger partial charge in [-0.05, 0) is 89.0 Å². The zero-order chi connectivity index (χ0) is 47.3. The number of esters is 2. The Morgan fingerprint density at radius 3 is 2.12 bits per heavy atom. The van der Waals surface area contributed by atoms with Crippen LogP contribution < -0.4 is 25.7 Å². The van der Waals surface area contributed by atoms with Gasteiger partial charge in [-0.1, -0.05) is 145 Å². The SMILES string of the molecule is C=C(O)c1c2[n-]c(c1C)/C=C1\[N-]/C(=C3\c4[n-]c(c(C)c4C(=O)[C@@H]3C(=O)OC)/C=c3\[n-]/c(c(C)c3CC)=C\2)[C@@H](CCC(=O)OC/C=C(\C)CCC[C@H](C)CCC[C@H](C)CCCC(C)C)[C@@H]1C.[Mg+2]. The van der Waals surface area contributed by atoms with E-state index in [0.29, 0.717) is 80.5 Å². The second kappa shape index (κ2) is 23.0. The molecule has 0 unspecified atom stereocenters. The fraction of sp³-hybridized carbons (Fsp3) is 0.545. The molecule has 0 aromatic carbocycles. The molecule has 1 N–H and O–H groups in total. The first-order valence-electron chi connectivity index (χ1n) is 24.1. The third-order valence-corrected chi connectivity index (χ3v) is 14.3. The molecule has 3 aromatic rings. The van der Waals surface area contributed by atoms with Gasteiger partial charge in [-0.15, -0.1) is 33.5 Å². The Bertz CT molecular complexity index is 2510. The number of aromatic nitrogens is 3. The number of fused-ring (bicyclic) bond motifs is 7. The maximum absolute atomic E-state index is 14.4. The van der Waals surface area contributed by atoms with Gasteiger partial charge >= 0.3 is 35.0 Å². The molecule has 6 rings (SSSR count). The summed E-state index contributed by atoms with van der Waals surface area (Å²) in [6.07, 6.45) is 20.0. The summed E-state index contributed by atoms with van der Waals surface area (Å²) in [5.41, 5.74) is 9.23. The van der Waals surface area contributed by atoms with Gasteiger partial charge in [-0.25, -0.2) is 0 Å². The van der Waals surface area contributed by atoms with E-state index in [4.69, 9.17) is 29.7 Å². The molecule has 0 saturated carbocycles. The molecular formula is C55H72MgN4O6-2. The Morgan fingerprint density at radius 1 is 0.848 bits per heavy atom. The zero-order valence-electron chi connectivity index (χ0n) is 41.7. The summed E-state index contributed by atoms with van der Waals surface area (Å²) in [4.78, 5) is 56.5. The van der Waals surface area contributed by atoms with E-state index in [0.717, 1.165) is 46.7 Å². The van der Waals surface area contributed by atoms with Crippen molar-refractivity contribution in [2.24, 2.45) is 35.5 Å². The fourth-order valence-corrected chi connectivity index (χ4v) is 10.2. The van der Waals surface area contributed by atoms with E-state index in [1.54, 1.807) is 0 Å². The van der Waals surface area contributed by atoms with Gasteiger partial charge in [0.2, 0.25) is 0 Å². The van der Waals surface area contributed by atoms with E-state index in [-0.39, 0.29) is 65.4 Å². The topological polar surface area (TPSA) is 146 Å². The van der Waals surface area contributed by atoms with Crippen molar-refractivity contribution in [3.05, 3.63) is 102 Å². The van der Waals surface area contributed by atoms with Gasteiger partial charge in [0.15, 0.2) is 5.78 Å². The third kappa shape index (κ3) is 11.6. The Kier molecular flexibility index (Phi) is 18.3. The number of aliphatic hydroxyl groups excluding tert-OH is 1. The van der Waals surface area contributed by atoms with Crippen molar-refractivity contribution < 1.29 is 29.0 Å². The molecule has 11 heteroatoms. The average Bonchev–Trinajstić information content (AvgIpc) is 4.00. The van der Waals surface area contributed by atoms with Gasteiger partial charge in [0.05, 0.1) is 7.11 Å². The van der Waals surface area contributed by atoms with Crippen LogP contribution in [0.15, 0.2) is 29.6 Å². The van der Waals surface area contributed by atoms with Gasteiger partial charge in [0.25, 0.3) is 0 Å². The van der Waals surface area contributed by atoms with Crippen LogP contribution in [-0.4, -0.2) is 59.6 Å². The van der Waals surface area contributed by atoms with E-state index in [9.17, 15) is 19.5 Å². The molecule has 5 heterocycles. The number of carbonyl (C=O) groups is 3. The van der Waals surface area contributed by atoms with Crippen molar-refractivity contribution in [1.29, 1.82) is 0 Å². The number of carbonyl (C=O) groups excluding carboxylic acids is 3. The van der Waals surface area contributed by atoms with Crippen LogP contribution in [0.2, 0.25) is 0 Å². The number of hydrogen-bond donors (Lipinski definition) is 1. The molecular weight excluding hydrogens is 837 g/mol. The van der Waals surface area contributed by atoms with Gasteiger partial charge < -0.3 is 34.8 Å². The largest absolute Gasteiger partial charge is 2.00 e. The predicted octanol–water partition coefficient (Wildman–Crippen LogP) is 10.3. The van der Waals surface area contributed by atoms with Crippen LogP contribution >= 0.6 is 0 Å². The van der Waals surface area contributed by atoms with Crippen molar-refractivity contribution in [3.63, 3.8) is 0 Å². The molecule has 8 bridgehead atoms. The first-order valence-corrected chi connectivity index (χ1v) is 24.1. The average molecular weight is 910 g/mol. The van der Waals surface area contributed by atoms with Crippen LogP contribution in [0.4, 0.5) is 0 Å². The summed E-state index contributed by atoms with van der Waals surface area (Å²) in [5.74, 6) is -1.08. The van der Waals surface area contributed by atoms with Gasteiger partial charge in [-0.2, -0.15) is 11.4 Å². The minimum atomic E-state index is -1.26. The molecule has 1 fully saturated rings. The van der Waals surface area contributed by atoms with Gasteiger partial charge in [-0.3, -0.25) is 14.4 Å². The quantitative estimate of drug-likeness (QED) is 0.0385. The maximum atomic E-state index is 14.4. The molecule has 3 aliphatic rings. The predicted molar refractivity (Wildman–Crippen MR) is 266 cm³/mol. The summed E-state index contributed by atoms with van der Waals surface area (Å²) < 4.78 is 11.0. The van der Waals surface area contributed by atoms with Gasteiger partial charge in [0, 0.05) is 17.5 Å². The Balaban J connectivity index is 0.00000817. The molecule has 10 nitrogen and oxygen atoms in total. The van der Waals surface area contributed by atoms with Crippen LogP contribution in [0.1, 0.15) is 180 Å². The number of Topliss-reactive ketones (excluding diaryl/α,β-unsaturated/α-hetero) is 1. The molecule has 0 spiro atoms. The summed E-state index contributed by atoms with van der Waals surface area (Å²) >= 11 is 0. The first kappa shape index (κ1) is 52.5.